The normalized spacial score (nSPS) is 8.83. The Kier molecular flexibility index (Phi) is 4.46. The first kappa shape index (κ1) is 11.6. The van der Waals surface area contributed by atoms with Crippen molar-refractivity contribution in [2.75, 3.05) is 0 Å². The zero-order valence-electron chi connectivity index (χ0n) is 7.26. The van der Waals surface area contributed by atoms with Gasteiger partial charge in [-0.05, 0) is 36.6 Å². The third kappa shape index (κ3) is 2.59. The second-order valence-corrected chi connectivity index (χ2v) is 2.59. The van der Waals surface area contributed by atoms with E-state index in [0.29, 0.717) is 0 Å². The largest absolute Gasteiger partial charge is 1.00 e. The number of carbonyl (C=O) groups excluding carboxylic acids is 1. The van der Waals surface area contributed by atoms with Gasteiger partial charge in [0.25, 0.3) is 0 Å². The predicted molar refractivity (Wildman–Crippen MR) is 40.2 cm³/mol. The second kappa shape index (κ2) is 4.60. The van der Waals surface area contributed by atoms with Gasteiger partial charge in [-0.2, -0.15) is 0 Å². The summed E-state index contributed by atoms with van der Waals surface area (Å²) in [6.07, 6.45) is 0. The van der Waals surface area contributed by atoms with Crippen LogP contribution in [-0.4, -0.2) is 5.97 Å². The molecule has 0 fully saturated rings. The van der Waals surface area contributed by atoms with E-state index in [1.165, 1.54) is 0 Å². The molecule has 0 saturated heterocycles. The van der Waals surface area contributed by atoms with E-state index in [2.05, 4.69) is 0 Å². The van der Waals surface area contributed by atoms with Crippen LogP contribution in [0.3, 0.4) is 0 Å². The first-order valence-electron chi connectivity index (χ1n) is 3.40. The van der Waals surface area contributed by atoms with E-state index in [1.54, 1.807) is 18.2 Å². The summed E-state index contributed by atoms with van der Waals surface area (Å²) in [5, 5.41) is 10.4. The molecule has 2 nitrogen and oxygen atoms in total. The fourth-order valence-electron chi connectivity index (χ4n) is 0.868. The summed E-state index contributed by atoms with van der Waals surface area (Å²) in [4.78, 5) is 10.4. The molecule has 0 aliphatic rings. The molecule has 3 heteroatoms. The summed E-state index contributed by atoms with van der Waals surface area (Å²) in [6, 6.07) is 4.95. The SMILES string of the molecule is Cc1ccc(C(=O)[O-])cc1C.[Hg+]. The molecule has 0 saturated carbocycles. The summed E-state index contributed by atoms with van der Waals surface area (Å²) in [5.41, 5.74) is 2.31. The molecule has 0 N–H and O–H groups in total. The fourth-order valence-corrected chi connectivity index (χ4v) is 0.868. The minimum absolute atomic E-state index is 0. The van der Waals surface area contributed by atoms with Crippen molar-refractivity contribution in [1.29, 1.82) is 0 Å². The number of carboxylic acid groups (broad SMARTS) is 1. The van der Waals surface area contributed by atoms with Gasteiger partial charge in [-0.1, -0.05) is 12.1 Å². The molecule has 1 aromatic rings. The molecule has 0 aliphatic heterocycles. The van der Waals surface area contributed by atoms with E-state index >= 15 is 0 Å². The first-order valence-corrected chi connectivity index (χ1v) is 3.40. The fraction of sp³-hybridized carbons (Fsp3) is 0.222. The molecule has 0 atom stereocenters. The molecular weight excluding hydrogens is 341 g/mol. The van der Waals surface area contributed by atoms with Crippen molar-refractivity contribution in [3.8, 4) is 0 Å². The van der Waals surface area contributed by atoms with Crippen molar-refractivity contribution in [2.24, 2.45) is 0 Å². The van der Waals surface area contributed by atoms with E-state index in [4.69, 9.17) is 0 Å². The van der Waals surface area contributed by atoms with Crippen LogP contribution in [0.4, 0.5) is 0 Å². The molecule has 0 bridgehead atoms. The zero-order chi connectivity index (χ0) is 8.43. The molecule has 1 aromatic carbocycles. The molecule has 1 radical (unpaired) electrons. The molecule has 0 unspecified atom stereocenters. The molecule has 0 aliphatic carbocycles. The molecule has 0 amide bonds. The van der Waals surface area contributed by atoms with Gasteiger partial charge in [0.1, 0.15) is 0 Å². The zero-order valence-corrected chi connectivity index (χ0v) is 12.8. The van der Waals surface area contributed by atoms with Gasteiger partial charge in [0.05, 0.1) is 5.97 Å². The van der Waals surface area contributed by atoms with Crippen LogP contribution in [0.5, 0.6) is 0 Å². The Hall–Kier alpha value is -0.375. The predicted octanol–water partition coefficient (Wildman–Crippen LogP) is 0.664. The molecular formula is C9H9HgO2. The third-order valence-electron chi connectivity index (χ3n) is 1.74. The van der Waals surface area contributed by atoms with Crippen LogP contribution in [0.2, 0.25) is 0 Å². The number of rotatable bonds is 1. The van der Waals surface area contributed by atoms with Crippen LogP contribution in [0.15, 0.2) is 18.2 Å². The third-order valence-corrected chi connectivity index (χ3v) is 1.74. The maximum atomic E-state index is 10.4. The summed E-state index contributed by atoms with van der Waals surface area (Å²) in [6.45, 7) is 3.82. The van der Waals surface area contributed by atoms with Gasteiger partial charge in [0.2, 0.25) is 0 Å². The van der Waals surface area contributed by atoms with E-state index in [-0.39, 0.29) is 33.2 Å². The molecule has 59 valence electrons. The van der Waals surface area contributed by atoms with Crippen LogP contribution in [0.1, 0.15) is 21.5 Å². The Bertz CT molecular complexity index is 295. The molecule has 12 heavy (non-hydrogen) atoms. The standard InChI is InChI=1S/C9H10O2.Hg/c1-6-3-4-8(9(10)11)5-7(6)2;/h3-5H,1-2H3,(H,10,11);/q;+1/p-1. The van der Waals surface area contributed by atoms with E-state index in [0.717, 1.165) is 11.1 Å². The van der Waals surface area contributed by atoms with Gasteiger partial charge < -0.3 is 9.90 Å². The Morgan fingerprint density at radius 1 is 1.25 bits per heavy atom. The van der Waals surface area contributed by atoms with Crippen molar-refractivity contribution in [2.45, 2.75) is 13.8 Å². The minimum Gasteiger partial charge on any atom is -0.545 e. The first-order chi connectivity index (χ1) is 5.11. The van der Waals surface area contributed by atoms with Gasteiger partial charge in [-0.25, -0.2) is 0 Å². The van der Waals surface area contributed by atoms with Crippen LogP contribution in [0.25, 0.3) is 0 Å². The minimum atomic E-state index is -1.12. The van der Waals surface area contributed by atoms with Crippen molar-refractivity contribution in [3.05, 3.63) is 34.9 Å². The molecule has 0 spiro atoms. The Balaban J connectivity index is 0.00000121. The van der Waals surface area contributed by atoms with Gasteiger partial charge in [0, 0.05) is 0 Å². The molecule has 0 heterocycles. The number of hydrogen-bond donors (Lipinski definition) is 0. The summed E-state index contributed by atoms with van der Waals surface area (Å²) in [7, 11) is 0. The van der Waals surface area contributed by atoms with Crippen LogP contribution in [-0.2, 0) is 27.7 Å². The van der Waals surface area contributed by atoms with Crippen LogP contribution in [0, 0.1) is 13.8 Å². The van der Waals surface area contributed by atoms with Gasteiger partial charge in [-0.3, -0.25) is 0 Å². The average Bonchev–Trinajstić information content (AvgIpc) is 1.94. The number of carboxylic acids is 1. The quantitative estimate of drug-likeness (QED) is 0.699. The number of benzene rings is 1. The number of carbonyl (C=O) groups is 1. The van der Waals surface area contributed by atoms with E-state index < -0.39 is 5.97 Å². The Labute approximate surface area is 92.1 Å². The smallest absolute Gasteiger partial charge is 0.545 e. The molecule has 1 rings (SSSR count). The van der Waals surface area contributed by atoms with E-state index in [1.807, 2.05) is 13.8 Å². The molecule has 0 aromatic heterocycles. The van der Waals surface area contributed by atoms with Crippen molar-refractivity contribution in [1.82, 2.24) is 0 Å². The van der Waals surface area contributed by atoms with Crippen molar-refractivity contribution in [3.63, 3.8) is 0 Å². The van der Waals surface area contributed by atoms with Gasteiger partial charge >= 0.3 is 27.7 Å². The topological polar surface area (TPSA) is 40.1 Å². The number of aryl methyl sites for hydroxylation is 2. The second-order valence-electron chi connectivity index (χ2n) is 2.59. The van der Waals surface area contributed by atoms with Crippen LogP contribution >= 0.6 is 0 Å². The monoisotopic (exact) mass is 351 g/mol. The van der Waals surface area contributed by atoms with Crippen molar-refractivity contribution >= 4 is 5.97 Å². The van der Waals surface area contributed by atoms with Crippen LogP contribution < -0.4 is 5.11 Å². The number of aromatic carboxylic acids is 1. The average molecular weight is 350 g/mol. The summed E-state index contributed by atoms with van der Waals surface area (Å²) < 4.78 is 0. The van der Waals surface area contributed by atoms with Gasteiger partial charge in [0.15, 0.2) is 0 Å². The maximum Gasteiger partial charge on any atom is 1.00 e. The summed E-state index contributed by atoms with van der Waals surface area (Å²) >= 11 is 0. The van der Waals surface area contributed by atoms with Crippen molar-refractivity contribution < 1.29 is 37.6 Å². The van der Waals surface area contributed by atoms with E-state index in [9.17, 15) is 9.90 Å². The Morgan fingerprint density at radius 3 is 2.25 bits per heavy atom. The number of hydrogen-bond acceptors (Lipinski definition) is 2. The summed E-state index contributed by atoms with van der Waals surface area (Å²) in [5.74, 6) is -1.12. The van der Waals surface area contributed by atoms with Gasteiger partial charge in [-0.15, -0.1) is 0 Å². The Morgan fingerprint density at radius 2 is 1.83 bits per heavy atom. The maximum absolute atomic E-state index is 10.4.